The van der Waals surface area contributed by atoms with E-state index < -0.39 is 0 Å². The second-order valence-corrected chi connectivity index (χ2v) is 5.65. The topological polar surface area (TPSA) is 18.5 Å². The summed E-state index contributed by atoms with van der Waals surface area (Å²) in [6.45, 7) is 11.3. The molecule has 3 heteroatoms. The molecule has 0 spiro atoms. The van der Waals surface area contributed by atoms with Crippen LogP contribution in [0.1, 0.15) is 25.0 Å². The molecule has 0 radical (unpaired) electrons. The molecule has 0 unspecified atom stereocenters. The molecule has 0 atom stereocenters. The first-order valence-corrected chi connectivity index (χ1v) is 7.06. The lowest BCUT2D eigenvalue weighted by Gasteiger charge is -2.31. The highest BCUT2D eigenvalue weighted by molar-refractivity contribution is 5.58. The first-order valence-electron chi connectivity index (χ1n) is 7.06. The van der Waals surface area contributed by atoms with Crippen molar-refractivity contribution in [3.63, 3.8) is 0 Å². The Kier molecular flexibility index (Phi) is 3.27. The number of rotatable bonds is 2. The van der Waals surface area contributed by atoms with Crippen LogP contribution in [0.4, 0.5) is 5.69 Å². The van der Waals surface area contributed by atoms with E-state index in [-0.39, 0.29) is 0 Å². The monoisotopic (exact) mass is 245 g/mol. The molecule has 1 saturated heterocycles. The fraction of sp³-hybridized carbons (Fsp3) is 0.600. The quantitative estimate of drug-likeness (QED) is 0.857. The molecule has 3 nitrogen and oxygen atoms in total. The van der Waals surface area contributed by atoms with Crippen LogP contribution in [0.25, 0.3) is 0 Å². The van der Waals surface area contributed by atoms with Crippen molar-refractivity contribution >= 4 is 5.69 Å². The van der Waals surface area contributed by atoms with Crippen molar-refractivity contribution in [2.24, 2.45) is 0 Å². The van der Waals surface area contributed by atoms with Crippen LogP contribution < -0.4 is 10.2 Å². The Morgan fingerprint density at radius 3 is 2.61 bits per heavy atom. The van der Waals surface area contributed by atoms with Crippen LogP contribution >= 0.6 is 0 Å². The maximum Gasteiger partial charge on any atom is 0.0416 e. The summed E-state index contributed by atoms with van der Waals surface area (Å²) in [7, 11) is 0. The zero-order valence-electron chi connectivity index (χ0n) is 11.4. The SMILES string of the molecule is CC(C)N1Cc2cccc(N3CCNCC3)c2C1. The molecule has 2 heterocycles. The van der Waals surface area contributed by atoms with Gasteiger partial charge in [-0.3, -0.25) is 4.90 Å². The van der Waals surface area contributed by atoms with Crippen LogP contribution in [0, 0.1) is 0 Å². The van der Waals surface area contributed by atoms with Crippen LogP contribution in [0.5, 0.6) is 0 Å². The fourth-order valence-electron chi connectivity index (χ4n) is 3.00. The van der Waals surface area contributed by atoms with E-state index in [0.29, 0.717) is 6.04 Å². The predicted octanol–water partition coefficient (Wildman–Crippen LogP) is 1.82. The standard InChI is InChI=1S/C15H23N3/c1-12(2)18-10-13-4-3-5-15(14(13)11-18)17-8-6-16-7-9-17/h3-5,12,16H,6-11H2,1-2H3. The van der Waals surface area contributed by atoms with Gasteiger partial charge in [-0.1, -0.05) is 12.1 Å². The van der Waals surface area contributed by atoms with Crippen molar-refractivity contribution in [2.45, 2.75) is 33.0 Å². The minimum Gasteiger partial charge on any atom is -0.369 e. The minimum atomic E-state index is 0.633. The lowest BCUT2D eigenvalue weighted by atomic mass is 10.1. The Bertz CT molecular complexity index is 422. The summed E-state index contributed by atoms with van der Waals surface area (Å²) in [5.41, 5.74) is 4.56. The van der Waals surface area contributed by atoms with Gasteiger partial charge in [-0.25, -0.2) is 0 Å². The predicted molar refractivity (Wildman–Crippen MR) is 75.9 cm³/mol. The summed E-state index contributed by atoms with van der Waals surface area (Å²) in [5.74, 6) is 0. The van der Waals surface area contributed by atoms with E-state index in [4.69, 9.17) is 0 Å². The number of hydrogen-bond donors (Lipinski definition) is 1. The summed E-state index contributed by atoms with van der Waals surface area (Å²) < 4.78 is 0. The Balaban J connectivity index is 1.87. The molecule has 0 aliphatic carbocycles. The summed E-state index contributed by atoms with van der Waals surface area (Å²) in [6, 6.07) is 7.45. The molecule has 18 heavy (non-hydrogen) atoms. The Morgan fingerprint density at radius 1 is 1.11 bits per heavy atom. The average Bonchev–Trinajstić information content (AvgIpc) is 2.83. The molecular formula is C15H23N3. The molecule has 2 aliphatic rings. The third-order valence-corrected chi connectivity index (χ3v) is 4.17. The third kappa shape index (κ3) is 2.13. The summed E-state index contributed by atoms with van der Waals surface area (Å²) in [4.78, 5) is 5.09. The van der Waals surface area contributed by atoms with E-state index in [0.717, 1.165) is 39.3 Å². The van der Waals surface area contributed by atoms with Gasteiger partial charge in [0, 0.05) is 51.0 Å². The molecule has 3 rings (SSSR count). The normalized spacial score (nSPS) is 20.5. The van der Waals surface area contributed by atoms with Crippen LogP contribution in [-0.2, 0) is 13.1 Å². The Hall–Kier alpha value is -1.06. The van der Waals surface area contributed by atoms with Crippen LogP contribution in [0.2, 0.25) is 0 Å². The number of nitrogens with one attached hydrogen (secondary N) is 1. The number of anilines is 1. The van der Waals surface area contributed by atoms with Crippen molar-refractivity contribution in [1.29, 1.82) is 0 Å². The molecular weight excluding hydrogens is 222 g/mol. The van der Waals surface area contributed by atoms with Gasteiger partial charge in [-0.05, 0) is 31.0 Å². The smallest absolute Gasteiger partial charge is 0.0416 e. The van der Waals surface area contributed by atoms with E-state index in [1.807, 2.05) is 0 Å². The maximum atomic E-state index is 3.43. The van der Waals surface area contributed by atoms with Gasteiger partial charge >= 0.3 is 0 Å². The van der Waals surface area contributed by atoms with Crippen molar-refractivity contribution in [1.82, 2.24) is 10.2 Å². The molecule has 1 aromatic carbocycles. The van der Waals surface area contributed by atoms with Crippen LogP contribution in [0.3, 0.4) is 0 Å². The van der Waals surface area contributed by atoms with Gasteiger partial charge in [-0.2, -0.15) is 0 Å². The van der Waals surface area contributed by atoms with E-state index >= 15 is 0 Å². The first-order chi connectivity index (χ1) is 8.75. The van der Waals surface area contributed by atoms with Crippen LogP contribution in [0.15, 0.2) is 18.2 Å². The molecule has 0 amide bonds. The second-order valence-electron chi connectivity index (χ2n) is 5.65. The van der Waals surface area contributed by atoms with Gasteiger partial charge in [0.25, 0.3) is 0 Å². The van der Waals surface area contributed by atoms with Gasteiger partial charge in [0.2, 0.25) is 0 Å². The zero-order chi connectivity index (χ0) is 12.5. The molecule has 1 fully saturated rings. The van der Waals surface area contributed by atoms with Gasteiger partial charge in [-0.15, -0.1) is 0 Å². The van der Waals surface area contributed by atoms with E-state index in [2.05, 4.69) is 47.2 Å². The number of benzene rings is 1. The largest absolute Gasteiger partial charge is 0.369 e. The molecule has 1 aromatic rings. The number of fused-ring (bicyclic) bond motifs is 1. The van der Waals surface area contributed by atoms with Crippen molar-refractivity contribution < 1.29 is 0 Å². The molecule has 0 bridgehead atoms. The Labute approximate surface area is 110 Å². The lowest BCUT2D eigenvalue weighted by Crippen LogP contribution is -2.44. The third-order valence-electron chi connectivity index (χ3n) is 4.17. The second kappa shape index (κ2) is 4.90. The molecule has 98 valence electrons. The maximum absolute atomic E-state index is 3.43. The van der Waals surface area contributed by atoms with Crippen molar-refractivity contribution in [3.05, 3.63) is 29.3 Å². The number of nitrogens with zero attached hydrogens (tertiary/aromatic N) is 2. The van der Waals surface area contributed by atoms with Crippen molar-refractivity contribution in [3.8, 4) is 0 Å². The van der Waals surface area contributed by atoms with Crippen LogP contribution in [-0.4, -0.2) is 37.1 Å². The minimum absolute atomic E-state index is 0.633. The van der Waals surface area contributed by atoms with Gasteiger partial charge in [0.05, 0.1) is 0 Å². The summed E-state index contributed by atoms with van der Waals surface area (Å²) in [5, 5.41) is 3.43. The highest BCUT2D eigenvalue weighted by Crippen LogP contribution is 2.32. The van der Waals surface area contributed by atoms with E-state index in [9.17, 15) is 0 Å². The molecule has 0 saturated carbocycles. The number of piperazine rings is 1. The average molecular weight is 245 g/mol. The summed E-state index contributed by atoms with van der Waals surface area (Å²) >= 11 is 0. The fourth-order valence-corrected chi connectivity index (χ4v) is 3.00. The number of hydrogen-bond acceptors (Lipinski definition) is 3. The van der Waals surface area contributed by atoms with E-state index in [1.165, 1.54) is 11.3 Å². The molecule has 1 N–H and O–H groups in total. The van der Waals surface area contributed by atoms with Crippen molar-refractivity contribution in [2.75, 3.05) is 31.1 Å². The summed E-state index contributed by atoms with van der Waals surface area (Å²) in [6.07, 6.45) is 0. The van der Waals surface area contributed by atoms with Gasteiger partial charge in [0.1, 0.15) is 0 Å². The first kappa shape index (κ1) is 12.0. The van der Waals surface area contributed by atoms with Gasteiger partial charge in [0.15, 0.2) is 0 Å². The molecule has 0 aromatic heterocycles. The highest BCUT2D eigenvalue weighted by Gasteiger charge is 2.25. The Morgan fingerprint density at radius 2 is 1.89 bits per heavy atom. The molecule has 2 aliphatic heterocycles. The lowest BCUT2D eigenvalue weighted by molar-refractivity contribution is 0.227. The zero-order valence-corrected chi connectivity index (χ0v) is 11.4. The van der Waals surface area contributed by atoms with E-state index in [1.54, 1.807) is 5.56 Å². The van der Waals surface area contributed by atoms with Gasteiger partial charge < -0.3 is 10.2 Å². The highest BCUT2D eigenvalue weighted by atomic mass is 15.2.